The van der Waals surface area contributed by atoms with Crippen LogP contribution in [0.4, 0.5) is 5.69 Å². The second-order valence-electron chi connectivity index (χ2n) is 3.74. The molecule has 1 N–H and O–H groups in total. The molecule has 0 radical (unpaired) electrons. The van der Waals surface area contributed by atoms with Crippen LogP contribution in [0.1, 0.15) is 0 Å². The lowest BCUT2D eigenvalue weighted by Gasteiger charge is -2.12. The summed E-state index contributed by atoms with van der Waals surface area (Å²) in [5, 5.41) is 0. The van der Waals surface area contributed by atoms with E-state index in [2.05, 4.69) is 39.1 Å². The second-order valence-corrected chi connectivity index (χ2v) is 4.14. The number of nitrogens with one attached hydrogen (secondary N) is 1. The lowest BCUT2D eigenvalue weighted by Crippen LogP contribution is -2.07. The van der Waals surface area contributed by atoms with Crippen LogP contribution in [-0.4, -0.2) is 24.1 Å². The van der Waals surface area contributed by atoms with Crippen molar-refractivity contribution in [3.63, 3.8) is 0 Å². The first kappa shape index (κ1) is 10.8. The first-order chi connectivity index (χ1) is 7.68. The van der Waals surface area contributed by atoms with Crippen molar-refractivity contribution in [3.05, 3.63) is 41.4 Å². The maximum atomic E-state index is 5.21. The van der Waals surface area contributed by atoms with Gasteiger partial charge in [0.2, 0.25) is 0 Å². The van der Waals surface area contributed by atoms with Crippen molar-refractivity contribution in [2.24, 2.45) is 0 Å². The Morgan fingerprint density at radius 2 is 1.88 bits per heavy atom. The molecule has 1 aromatic heterocycles. The molecule has 4 heteroatoms. The molecule has 0 aliphatic rings. The Kier molecular flexibility index (Phi) is 3.01. The van der Waals surface area contributed by atoms with Gasteiger partial charge < -0.3 is 9.88 Å². The highest BCUT2D eigenvalue weighted by molar-refractivity contribution is 7.71. The summed E-state index contributed by atoms with van der Waals surface area (Å²) in [4.78, 5) is 9.04. The molecule has 3 nitrogen and oxygen atoms in total. The molecule has 0 amide bonds. The van der Waals surface area contributed by atoms with Crippen LogP contribution in [0.5, 0.6) is 0 Å². The molecule has 0 aliphatic heterocycles. The fraction of sp³-hybridized carbons (Fsp3) is 0.167. The van der Waals surface area contributed by atoms with Gasteiger partial charge in [0, 0.05) is 31.5 Å². The smallest absolute Gasteiger partial charge is 0.113 e. The molecule has 0 atom stereocenters. The number of hydrogen-bond donors (Lipinski definition) is 1. The minimum atomic E-state index is 0.715. The molecule has 0 saturated carbocycles. The standard InChI is InChI=1S/C12H13N3S/c1-15(2)10-5-3-9(4-6-10)11-7-13-8-14-12(11)16/h3-8H,1-2H3,(H,13,14,16). The van der Waals surface area contributed by atoms with Crippen LogP contribution in [0.25, 0.3) is 11.1 Å². The first-order valence-corrected chi connectivity index (χ1v) is 5.40. The largest absolute Gasteiger partial charge is 0.378 e. The number of benzene rings is 1. The van der Waals surface area contributed by atoms with Gasteiger partial charge in [0.1, 0.15) is 4.64 Å². The normalized spacial score (nSPS) is 10.1. The zero-order chi connectivity index (χ0) is 11.5. The molecule has 0 aliphatic carbocycles. The first-order valence-electron chi connectivity index (χ1n) is 4.99. The van der Waals surface area contributed by atoms with Crippen molar-refractivity contribution in [2.45, 2.75) is 0 Å². The molecule has 82 valence electrons. The Labute approximate surface area is 99.8 Å². The summed E-state index contributed by atoms with van der Waals surface area (Å²) in [6.07, 6.45) is 3.38. The van der Waals surface area contributed by atoms with Crippen LogP contribution in [-0.2, 0) is 0 Å². The van der Waals surface area contributed by atoms with Gasteiger partial charge in [-0.15, -0.1) is 0 Å². The Morgan fingerprint density at radius 3 is 2.44 bits per heavy atom. The molecule has 0 unspecified atom stereocenters. The van der Waals surface area contributed by atoms with Crippen molar-refractivity contribution >= 4 is 17.9 Å². The highest BCUT2D eigenvalue weighted by Crippen LogP contribution is 2.21. The van der Waals surface area contributed by atoms with Crippen molar-refractivity contribution in [1.29, 1.82) is 0 Å². The Balaban J connectivity index is 2.43. The highest BCUT2D eigenvalue weighted by atomic mass is 32.1. The Bertz CT molecular complexity index is 528. The van der Waals surface area contributed by atoms with E-state index < -0.39 is 0 Å². The van der Waals surface area contributed by atoms with Gasteiger partial charge in [-0.05, 0) is 17.7 Å². The van der Waals surface area contributed by atoms with Crippen molar-refractivity contribution in [2.75, 3.05) is 19.0 Å². The van der Waals surface area contributed by atoms with Crippen LogP contribution in [0.2, 0.25) is 0 Å². The summed E-state index contributed by atoms with van der Waals surface area (Å²) >= 11 is 5.21. The van der Waals surface area contributed by atoms with Gasteiger partial charge in [0.05, 0.1) is 6.33 Å². The predicted molar refractivity (Wildman–Crippen MR) is 69.2 cm³/mol. The van der Waals surface area contributed by atoms with E-state index in [1.54, 1.807) is 12.5 Å². The zero-order valence-electron chi connectivity index (χ0n) is 9.27. The van der Waals surface area contributed by atoms with Gasteiger partial charge in [0.25, 0.3) is 0 Å². The van der Waals surface area contributed by atoms with E-state index in [1.165, 1.54) is 5.69 Å². The van der Waals surface area contributed by atoms with E-state index in [4.69, 9.17) is 12.2 Å². The number of aromatic nitrogens is 2. The molecular formula is C12H13N3S. The Hall–Kier alpha value is -1.68. The van der Waals surface area contributed by atoms with Gasteiger partial charge in [-0.3, -0.25) is 0 Å². The fourth-order valence-corrected chi connectivity index (χ4v) is 1.71. The van der Waals surface area contributed by atoms with Crippen LogP contribution < -0.4 is 4.90 Å². The van der Waals surface area contributed by atoms with E-state index in [0.717, 1.165) is 11.1 Å². The summed E-state index contributed by atoms with van der Waals surface area (Å²) in [5.41, 5.74) is 3.21. The molecule has 0 saturated heterocycles. The second kappa shape index (κ2) is 4.45. The number of hydrogen-bond acceptors (Lipinski definition) is 3. The topological polar surface area (TPSA) is 31.9 Å². The molecule has 0 spiro atoms. The van der Waals surface area contributed by atoms with Gasteiger partial charge in [-0.1, -0.05) is 24.4 Å². The van der Waals surface area contributed by atoms with E-state index in [-0.39, 0.29) is 0 Å². The lowest BCUT2D eigenvalue weighted by molar-refractivity contribution is 1.13. The van der Waals surface area contributed by atoms with Crippen LogP contribution in [0, 0.1) is 4.64 Å². The predicted octanol–water partition coefficient (Wildman–Crippen LogP) is 2.87. The number of nitrogens with zero attached hydrogens (tertiary/aromatic N) is 2. The molecule has 2 aromatic rings. The molecule has 1 heterocycles. The highest BCUT2D eigenvalue weighted by Gasteiger charge is 2.01. The molecule has 0 bridgehead atoms. The van der Waals surface area contributed by atoms with E-state index in [9.17, 15) is 0 Å². The maximum Gasteiger partial charge on any atom is 0.113 e. The van der Waals surface area contributed by atoms with Crippen LogP contribution in [0.3, 0.4) is 0 Å². The summed E-state index contributed by atoms with van der Waals surface area (Å²) in [6, 6.07) is 8.24. The average molecular weight is 231 g/mol. The van der Waals surface area contributed by atoms with E-state index >= 15 is 0 Å². The van der Waals surface area contributed by atoms with E-state index in [1.807, 2.05) is 14.1 Å². The zero-order valence-corrected chi connectivity index (χ0v) is 10.1. The van der Waals surface area contributed by atoms with Crippen molar-refractivity contribution in [3.8, 4) is 11.1 Å². The number of H-pyrrole nitrogens is 1. The van der Waals surface area contributed by atoms with Gasteiger partial charge >= 0.3 is 0 Å². The summed E-state index contributed by atoms with van der Waals surface area (Å²) < 4.78 is 0.715. The molecule has 16 heavy (non-hydrogen) atoms. The van der Waals surface area contributed by atoms with Gasteiger partial charge in [0.15, 0.2) is 0 Å². The monoisotopic (exact) mass is 231 g/mol. The summed E-state index contributed by atoms with van der Waals surface area (Å²) in [6.45, 7) is 0. The SMILES string of the molecule is CN(C)c1ccc(-c2cnc[nH]c2=S)cc1. The number of anilines is 1. The van der Waals surface area contributed by atoms with Gasteiger partial charge in [-0.25, -0.2) is 4.98 Å². The average Bonchev–Trinajstić information content (AvgIpc) is 2.30. The third kappa shape index (κ3) is 2.12. The third-order valence-corrected chi connectivity index (χ3v) is 2.75. The van der Waals surface area contributed by atoms with Crippen LogP contribution >= 0.6 is 12.2 Å². The van der Waals surface area contributed by atoms with Gasteiger partial charge in [-0.2, -0.15) is 0 Å². The fourth-order valence-electron chi connectivity index (χ4n) is 1.49. The quantitative estimate of drug-likeness (QED) is 0.806. The molecule has 1 aromatic carbocycles. The van der Waals surface area contributed by atoms with Crippen molar-refractivity contribution < 1.29 is 0 Å². The molecule has 0 fully saturated rings. The maximum absolute atomic E-state index is 5.21. The van der Waals surface area contributed by atoms with Crippen molar-refractivity contribution in [1.82, 2.24) is 9.97 Å². The third-order valence-electron chi connectivity index (χ3n) is 2.41. The Morgan fingerprint density at radius 1 is 1.19 bits per heavy atom. The molecular weight excluding hydrogens is 218 g/mol. The summed E-state index contributed by atoms with van der Waals surface area (Å²) in [5.74, 6) is 0. The van der Waals surface area contributed by atoms with Crippen LogP contribution in [0.15, 0.2) is 36.8 Å². The summed E-state index contributed by atoms with van der Waals surface area (Å²) in [7, 11) is 4.04. The number of rotatable bonds is 2. The van der Waals surface area contributed by atoms with E-state index in [0.29, 0.717) is 4.64 Å². The number of aromatic amines is 1. The minimum Gasteiger partial charge on any atom is -0.378 e. The lowest BCUT2D eigenvalue weighted by atomic mass is 10.1. The molecule has 2 rings (SSSR count). The minimum absolute atomic E-state index is 0.715.